The zero-order valence-electron chi connectivity index (χ0n) is 13.2. The van der Waals surface area contributed by atoms with Crippen LogP contribution in [0, 0.1) is 0 Å². The third-order valence-electron chi connectivity index (χ3n) is 2.87. The molecule has 1 aromatic rings. The Hall–Kier alpha value is -1.55. The average molecular weight is 279 g/mol. The molecule has 0 fully saturated rings. The number of esters is 1. The van der Waals surface area contributed by atoms with Crippen molar-refractivity contribution in [3.63, 3.8) is 0 Å². The number of carbonyl (C=O) groups is 1. The number of carbonyl (C=O) groups excluding carboxylic acids is 1. The van der Waals surface area contributed by atoms with Gasteiger partial charge in [0.25, 0.3) is 0 Å². The Bertz CT molecular complexity index is 451. The number of para-hydroxylation sites is 1. The number of hydrogen-bond donors (Lipinski definition) is 1. The van der Waals surface area contributed by atoms with E-state index in [1.165, 1.54) is 0 Å². The monoisotopic (exact) mass is 279 g/mol. The summed E-state index contributed by atoms with van der Waals surface area (Å²) < 4.78 is 10.7. The highest BCUT2D eigenvalue weighted by atomic mass is 16.6. The zero-order valence-corrected chi connectivity index (χ0v) is 13.2. The lowest BCUT2D eigenvalue weighted by Gasteiger charge is -2.25. The van der Waals surface area contributed by atoms with Gasteiger partial charge in [-0.1, -0.05) is 18.2 Å². The van der Waals surface area contributed by atoms with Crippen molar-refractivity contribution < 1.29 is 14.3 Å². The maximum absolute atomic E-state index is 12.0. The first kappa shape index (κ1) is 16.5. The summed E-state index contributed by atoms with van der Waals surface area (Å²) in [6.45, 7) is 9.39. The van der Waals surface area contributed by atoms with Crippen molar-refractivity contribution in [2.24, 2.45) is 0 Å². The van der Waals surface area contributed by atoms with Crippen LogP contribution in [0.2, 0.25) is 0 Å². The van der Waals surface area contributed by atoms with Crippen LogP contribution in [-0.2, 0) is 9.53 Å². The predicted molar refractivity (Wildman–Crippen MR) is 79.9 cm³/mol. The van der Waals surface area contributed by atoms with E-state index < -0.39 is 5.60 Å². The van der Waals surface area contributed by atoms with Crippen LogP contribution in [-0.4, -0.2) is 24.7 Å². The van der Waals surface area contributed by atoms with E-state index in [2.05, 4.69) is 5.32 Å². The number of hydrogen-bond acceptors (Lipinski definition) is 4. The van der Waals surface area contributed by atoms with Gasteiger partial charge in [0.1, 0.15) is 17.4 Å². The largest absolute Gasteiger partial charge is 0.496 e. The van der Waals surface area contributed by atoms with E-state index in [1.807, 2.05) is 52.0 Å². The van der Waals surface area contributed by atoms with Crippen molar-refractivity contribution in [2.75, 3.05) is 7.11 Å². The minimum atomic E-state index is -0.472. The molecule has 4 heteroatoms. The van der Waals surface area contributed by atoms with Gasteiger partial charge in [0, 0.05) is 11.6 Å². The number of nitrogens with one attached hydrogen (secondary N) is 1. The summed E-state index contributed by atoms with van der Waals surface area (Å²) in [5.41, 5.74) is 0.547. The summed E-state index contributed by atoms with van der Waals surface area (Å²) in [6.07, 6.45) is 0. The molecule has 0 aliphatic heterocycles. The van der Waals surface area contributed by atoms with Crippen molar-refractivity contribution in [1.82, 2.24) is 5.32 Å². The molecule has 0 heterocycles. The number of ether oxygens (including phenoxy) is 2. The summed E-state index contributed by atoms with van der Waals surface area (Å²) in [5, 5.41) is 3.24. The molecule has 0 radical (unpaired) electrons. The molecule has 4 nitrogen and oxygen atoms in total. The van der Waals surface area contributed by atoms with Gasteiger partial charge >= 0.3 is 5.97 Å². The Balaban J connectivity index is 2.70. The van der Waals surface area contributed by atoms with Crippen LogP contribution >= 0.6 is 0 Å². The standard InChI is InChI=1S/C16H25NO3/c1-11(13-9-7-8-10-14(13)19-6)17-12(2)15(18)20-16(3,4)5/h7-12,17H,1-6H3/t11-,12?/m1/s1. The third-order valence-corrected chi connectivity index (χ3v) is 2.87. The van der Waals surface area contributed by atoms with E-state index in [0.717, 1.165) is 11.3 Å². The Labute approximate surface area is 121 Å². The normalized spacial score (nSPS) is 14.5. The molecule has 0 saturated carbocycles. The molecule has 1 unspecified atom stereocenters. The van der Waals surface area contributed by atoms with Gasteiger partial charge in [-0.2, -0.15) is 0 Å². The Morgan fingerprint density at radius 3 is 2.35 bits per heavy atom. The van der Waals surface area contributed by atoms with E-state index in [1.54, 1.807) is 14.0 Å². The van der Waals surface area contributed by atoms with Crippen LogP contribution in [0.5, 0.6) is 5.75 Å². The first-order valence-electron chi connectivity index (χ1n) is 6.86. The van der Waals surface area contributed by atoms with Gasteiger partial charge in [-0.15, -0.1) is 0 Å². The highest BCUT2D eigenvalue weighted by Gasteiger charge is 2.23. The third kappa shape index (κ3) is 4.85. The molecule has 0 aliphatic rings. The van der Waals surface area contributed by atoms with Crippen LogP contribution in [0.4, 0.5) is 0 Å². The van der Waals surface area contributed by atoms with Crippen LogP contribution in [0.3, 0.4) is 0 Å². The van der Waals surface area contributed by atoms with Gasteiger partial charge in [0.15, 0.2) is 0 Å². The first-order chi connectivity index (χ1) is 9.24. The lowest BCUT2D eigenvalue weighted by Crippen LogP contribution is -2.40. The second-order valence-corrected chi connectivity index (χ2v) is 5.89. The van der Waals surface area contributed by atoms with E-state index in [-0.39, 0.29) is 18.1 Å². The topological polar surface area (TPSA) is 47.6 Å². The summed E-state index contributed by atoms with van der Waals surface area (Å²) in [4.78, 5) is 12.0. The maximum Gasteiger partial charge on any atom is 0.323 e. The maximum atomic E-state index is 12.0. The van der Waals surface area contributed by atoms with E-state index in [4.69, 9.17) is 9.47 Å². The van der Waals surface area contributed by atoms with Gasteiger partial charge in [-0.3, -0.25) is 10.1 Å². The summed E-state index contributed by atoms with van der Waals surface area (Å²) >= 11 is 0. The molecule has 2 atom stereocenters. The molecule has 1 rings (SSSR count). The molecule has 0 aromatic heterocycles. The molecular weight excluding hydrogens is 254 g/mol. The summed E-state index contributed by atoms with van der Waals surface area (Å²) in [6, 6.07) is 7.38. The van der Waals surface area contributed by atoms with Crippen molar-refractivity contribution in [3.05, 3.63) is 29.8 Å². The number of methoxy groups -OCH3 is 1. The van der Waals surface area contributed by atoms with Crippen molar-refractivity contribution in [1.29, 1.82) is 0 Å². The van der Waals surface area contributed by atoms with E-state index in [9.17, 15) is 4.79 Å². The minimum absolute atomic E-state index is 0.00586. The molecule has 112 valence electrons. The second kappa shape index (κ2) is 6.75. The van der Waals surface area contributed by atoms with Crippen molar-refractivity contribution in [2.45, 2.75) is 52.3 Å². The van der Waals surface area contributed by atoms with Crippen molar-refractivity contribution >= 4 is 5.97 Å². The quantitative estimate of drug-likeness (QED) is 0.841. The van der Waals surface area contributed by atoms with Gasteiger partial charge in [0.05, 0.1) is 7.11 Å². The van der Waals surface area contributed by atoms with Crippen LogP contribution in [0.25, 0.3) is 0 Å². The number of rotatable bonds is 5. The van der Waals surface area contributed by atoms with E-state index >= 15 is 0 Å². The molecule has 0 saturated heterocycles. The molecular formula is C16H25NO3. The molecule has 20 heavy (non-hydrogen) atoms. The molecule has 0 amide bonds. The van der Waals surface area contributed by atoms with Gasteiger partial charge < -0.3 is 9.47 Å². The molecule has 0 spiro atoms. The fourth-order valence-electron chi connectivity index (χ4n) is 1.95. The Morgan fingerprint density at radius 1 is 1.20 bits per heavy atom. The average Bonchev–Trinajstić information content (AvgIpc) is 2.36. The fourth-order valence-corrected chi connectivity index (χ4v) is 1.95. The zero-order chi connectivity index (χ0) is 15.3. The lowest BCUT2D eigenvalue weighted by molar-refractivity contribution is -0.157. The van der Waals surface area contributed by atoms with Crippen molar-refractivity contribution in [3.8, 4) is 5.75 Å². The SMILES string of the molecule is COc1ccccc1[C@@H](C)NC(C)C(=O)OC(C)(C)C. The lowest BCUT2D eigenvalue weighted by atomic mass is 10.1. The fraction of sp³-hybridized carbons (Fsp3) is 0.562. The van der Waals surface area contributed by atoms with Crippen LogP contribution in [0.1, 0.15) is 46.2 Å². The second-order valence-electron chi connectivity index (χ2n) is 5.89. The van der Waals surface area contributed by atoms with Crippen LogP contribution < -0.4 is 10.1 Å². The highest BCUT2D eigenvalue weighted by molar-refractivity contribution is 5.75. The Morgan fingerprint density at radius 2 is 1.80 bits per heavy atom. The van der Waals surface area contributed by atoms with Gasteiger partial charge in [-0.25, -0.2) is 0 Å². The molecule has 1 aromatic carbocycles. The van der Waals surface area contributed by atoms with Gasteiger partial charge in [-0.05, 0) is 40.7 Å². The smallest absolute Gasteiger partial charge is 0.323 e. The Kier molecular flexibility index (Phi) is 5.57. The summed E-state index contributed by atoms with van der Waals surface area (Å²) in [5.74, 6) is 0.558. The molecule has 1 N–H and O–H groups in total. The molecule has 0 aliphatic carbocycles. The molecule has 0 bridgehead atoms. The minimum Gasteiger partial charge on any atom is -0.496 e. The number of benzene rings is 1. The summed E-state index contributed by atoms with van der Waals surface area (Å²) in [7, 11) is 1.64. The first-order valence-corrected chi connectivity index (χ1v) is 6.86. The van der Waals surface area contributed by atoms with Gasteiger partial charge in [0.2, 0.25) is 0 Å². The van der Waals surface area contributed by atoms with Crippen LogP contribution in [0.15, 0.2) is 24.3 Å². The highest BCUT2D eigenvalue weighted by Crippen LogP contribution is 2.24. The predicted octanol–water partition coefficient (Wildman–Crippen LogP) is 3.08. The van der Waals surface area contributed by atoms with E-state index in [0.29, 0.717) is 0 Å².